The van der Waals surface area contributed by atoms with E-state index < -0.39 is 0 Å². The van der Waals surface area contributed by atoms with Gasteiger partial charge in [0.2, 0.25) is 0 Å². The van der Waals surface area contributed by atoms with Gasteiger partial charge in [0.15, 0.2) is 0 Å². The maximum absolute atomic E-state index is 4.27. The smallest absolute Gasteiger partial charge is 0.0859 e. The Morgan fingerprint density at radius 2 is 2.00 bits per heavy atom. The highest BCUT2D eigenvalue weighted by Crippen LogP contribution is 2.54. The van der Waals surface area contributed by atoms with Crippen LogP contribution in [0.15, 0.2) is 0 Å². The maximum Gasteiger partial charge on any atom is 0.0859 e. The zero-order chi connectivity index (χ0) is 10.4. The molecule has 1 aromatic heterocycles. The van der Waals surface area contributed by atoms with Crippen molar-refractivity contribution in [3.8, 4) is 0 Å². The molecule has 82 valence electrons. The number of fused-ring (bicyclic) bond motifs is 2. The third-order valence-electron chi connectivity index (χ3n) is 4.43. The maximum atomic E-state index is 4.27. The van der Waals surface area contributed by atoms with Crippen molar-refractivity contribution in [2.75, 3.05) is 0 Å². The molecular weight excluding hydrogens is 186 g/mol. The zero-order valence-corrected chi connectivity index (χ0v) is 9.61. The molecular formula is C12H19N3. The highest BCUT2D eigenvalue weighted by Gasteiger charge is 2.48. The van der Waals surface area contributed by atoms with E-state index in [-0.39, 0.29) is 0 Å². The second-order valence-corrected chi connectivity index (χ2v) is 5.08. The lowest BCUT2D eigenvalue weighted by molar-refractivity contribution is 0.566. The molecule has 0 saturated heterocycles. The summed E-state index contributed by atoms with van der Waals surface area (Å²) in [6.45, 7) is 2.34. The Bertz CT molecular complexity index is 369. The molecule has 3 heteroatoms. The fourth-order valence-electron chi connectivity index (χ4n) is 3.51. The SMILES string of the molecule is CCC1[C@H]2CCc3c(nnn3C)CC[C@@H]12. The van der Waals surface area contributed by atoms with Gasteiger partial charge >= 0.3 is 0 Å². The van der Waals surface area contributed by atoms with Crippen molar-refractivity contribution in [2.24, 2.45) is 24.8 Å². The van der Waals surface area contributed by atoms with Gasteiger partial charge in [0.05, 0.1) is 11.4 Å². The van der Waals surface area contributed by atoms with Crippen LogP contribution in [0.1, 0.15) is 37.6 Å². The van der Waals surface area contributed by atoms with Crippen LogP contribution < -0.4 is 0 Å². The van der Waals surface area contributed by atoms with Gasteiger partial charge < -0.3 is 0 Å². The van der Waals surface area contributed by atoms with Gasteiger partial charge in [-0.15, -0.1) is 5.10 Å². The van der Waals surface area contributed by atoms with Crippen molar-refractivity contribution in [1.82, 2.24) is 15.0 Å². The van der Waals surface area contributed by atoms with Gasteiger partial charge in [0, 0.05) is 7.05 Å². The van der Waals surface area contributed by atoms with Crippen LogP contribution in [0.4, 0.5) is 0 Å². The fraction of sp³-hybridized carbons (Fsp3) is 0.833. The second-order valence-electron chi connectivity index (χ2n) is 5.08. The molecule has 2 aliphatic rings. The summed E-state index contributed by atoms with van der Waals surface area (Å²) in [6.07, 6.45) is 6.42. The van der Waals surface area contributed by atoms with Crippen LogP contribution in [0.3, 0.4) is 0 Å². The van der Waals surface area contributed by atoms with Crippen LogP contribution >= 0.6 is 0 Å². The molecule has 1 fully saturated rings. The molecule has 0 aromatic carbocycles. The molecule has 1 heterocycles. The normalized spacial score (nSPS) is 33.9. The van der Waals surface area contributed by atoms with Gasteiger partial charge in [0.1, 0.15) is 0 Å². The lowest BCUT2D eigenvalue weighted by atomic mass is 10.0. The molecule has 1 saturated carbocycles. The molecule has 0 N–H and O–H groups in total. The summed E-state index contributed by atoms with van der Waals surface area (Å²) in [7, 11) is 2.02. The first-order valence-electron chi connectivity index (χ1n) is 6.18. The summed E-state index contributed by atoms with van der Waals surface area (Å²) in [5, 5.41) is 8.40. The number of aryl methyl sites for hydroxylation is 2. The third kappa shape index (κ3) is 1.40. The predicted octanol–water partition coefficient (Wildman–Crippen LogP) is 1.97. The van der Waals surface area contributed by atoms with Crippen molar-refractivity contribution in [1.29, 1.82) is 0 Å². The summed E-state index contributed by atoms with van der Waals surface area (Å²) in [5.41, 5.74) is 2.65. The van der Waals surface area contributed by atoms with E-state index in [0.717, 1.165) is 24.2 Å². The van der Waals surface area contributed by atoms with Gasteiger partial charge in [-0.1, -0.05) is 18.6 Å². The second kappa shape index (κ2) is 3.32. The fourth-order valence-corrected chi connectivity index (χ4v) is 3.51. The van der Waals surface area contributed by atoms with Gasteiger partial charge in [-0.05, 0) is 43.4 Å². The highest BCUT2D eigenvalue weighted by molar-refractivity contribution is 5.14. The molecule has 0 spiro atoms. The standard InChI is InChI=1S/C12H19N3/c1-3-8-9-4-6-11-12(7-5-10(8)9)15(2)14-13-11/h8-10H,3-7H2,1-2H3/t8?,9-,10+/m0/s1. The molecule has 3 rings (SSSR count). The van der Waals surface area contributed by atoms with Crippen molar-refractivity contribution in [3.05, 3.63) is 11.4 Å². The Morgan fingerprint density at radius 1 is 1.27 bits per heavy atom. The van der Waals surface area contributed by atoms with Crippen molar-refractivity contribution in [2.45, 2.75) is 39.0 Å². The zero-order valence-electron chi connectivity index (χ0n) is 9.61. The average Bonchev–Trinajstić information content (AvgIpc) is 2.76. The number of hydrogen-bond donors (Lipinski definition) is 0. The molecule has 1 aromatic rings. The summed E-state index contributed by atoms with van der Waals surface area (Å²) in [5.74, 6) is 3.04. The van der Waals surface area contributed by atoms with Crippen LogP contribution in [-0.4, -0.2) is 15.0 Å². The van der Waals surface area contributed by atoms with Gasteiger partial charge in [-0.3, -0.25) is 4.68 Å². The summed E-state index contributed by atoms with van der Waals surface area (Å²) >= 11 is 0. The molecule has 0 radical (unpaired) electrons. The van der Waals surface area contributed by atoms with Crippen LogP contribution in [0.5, 0.6) is 0 Å². The van der Waals surface area contributed by atoms with E-state index in [1.165, 1.54) is 37.1 Å². The van der Waals surface area contributed by atoms with E-state index in [2.05, 4.69) is 17.2 Å². The molecule has 0 bridgehead atoms. The summed E-state index contributed by atoms with van der Waals surface area (Å²) in [6, 6.07) is 0. The predicted molar refractivity (Wildman–Crippen MR) is 58.4 cm³/mol. The highest BCUT2D eigenvalue weighted by atomic mass is 15.4. The van der Waals surface area contributed by atoms with Gasteiger partial charge in [-0.2, -0.15) is 0 Å². The van der Waals surface area contributed by atoms with E-state index in [1.54, 1.807) is 0 Å². The minimum absolute atomic E-state index is 1.00. The van der Waals surface area contributed by atoms with Crippen molar-refractivity contribution in [3.63, 3.8) is 0 Å². The van der Waals surface area contributed by atoms with Crippen LogP contribution in [0.25, 0.3) is 0 Å². The molecule has 15 heavy (non-hydrogen) atoms. The molecule has 0 amide bonds. The molecule has 2 aliphatic carbocycles. The largest absolute Gasteiger partial charge is 0.252 e. The van der Waals surface area contributed by atoms with Crippen LogP contribution in [-0.2, 0) is 19.9 Å². The van der Waals surface area contributed by atoms with Crippen LogP contribution in [0.2, 0.25) is 0 Å². The third-order valence-corrected chi connectivity index (χ3v) is 4.43. The Hall–Kier alpha value is -0.860. The van der Waals surface area contributed by atoms with Crippen LogP contribution in [0, 0.1) is 17.8 Å². The Kier molecular flexibility index (Phi) is 2.08. The molecule has 1 unspecified atom stereocenters. The van der Waals surface area contributed by atoms with E-state index >= 15 is 0 Å². The lowest BCUT2D eigenvalue weighted by Crippen LogP contribution is -2.04. The Balaban J connectivity index is 1.80. The van der Waals surface area contributed by atoms with Crippen molar-refractivity contribution >= 4 is 0 Å². The topological polar surface area (TPSA) is 30.7 Å². The van der Waals surface area contributed by atoms with Gasteiger partial charge in [0.25, 0.3) is 0 Å². The minimum Gasteiger partial charge on any atom is -0.252 e. The monoisotopic (exact) mass is 205 g/mol. The molecule has 0 aliphatic heterocycles. The first kappa shape index (κ1) is 9.37. The lowest BCUT2D eigenvalue weighted by Gasteiger charge is -2.07. The van der Waals surface area contributed by atoms with E-state index in [1.807, 2.05) is 11.7 Å². The first-order valence-corrected chi connectivity index (χ1v) is 6.18. The first-order chi connectivity index (χ1) is 7.31. The quantitative estimate of drug-likeness (QED) is 0.701. The van der Waals surface area contributed by atoms with E-state index in [9.17, 15) is 0 Å². The van der Waals surface area contributed by atoms with E-state index in [4.69, 9.17) is 0 Å². The van der Waals surface area contributed by atoms with Crippen molar-refractivity contribution < 1.29 is 0 Å². The Morgan fingerprint density at radius 3 is 2.73 bits per heavy atom. The number of aromatic nitrogens is 3. The number of hydrogen-bond acceptors (Lipinski definition) is 2. The summed E-state index contributed by atoms with van der Waals surface area (Å²) in [4.78, 5) is 0. The molecule has 3 nitrogen and oxygen atoms in total. The van der Waals surface area contributed by atoms with Gasteiger partial charge in [-0.25, -0.2) is 0 Å². The number of nitrogens with zero attached hydrogens (tertiary/aromatic N) is 3. The number of rotatable bonds is 1. The minimum atomic E-state index is 1.00. The van der Waals surface area contributed by atoms with E-state index in [0.29, 0.717) is 0 Å². The molecule has 3 atom stereocenters. The average molecular weight is 205 g/mol. The Labute approximate surface area is 90.9 Å². The summed E-state index contributed by atoms with van der Waals surface area (Å²) < 4.78 is 1.97.